The van der Waals surface area contributed by atoms with E-state index in [9.17, 15) is 9.59 Å². The van der Waals surface area contributed by atoms with Crippen LogP contribution in [0.1, 0.15) is 13.8 Å². The molecular weight excluding hydrogens is 176 g/mol. The molecule has 0 aliphatic carbocycles. The molecule has 0 aromatic rings. The smallest absolute Gasteiger partial charge is 0.338 e. The van der Waals surface area contributed by atoms with Gasteiger partial charge in [0.25, 0.3) is 0 Å². The molecule has 13 heavy (non-hydrogen) atoms. The molecule has 0 aromatic heterocycles. The van der Waals surface area contributed by atoms with Gasteiger partial charge < -0.3 is 14.2 Å². The van der Waals surface area contributed by atoms with Crippen molar-refractivity contribution in [1.82, 2.24) is 0 Å². The second-order valence-electron chi connectivity index (χ2n) is 2.48. The molecule has 5 heteroatoms. The van der Waals surface area contributed by atoms with Crippen LogP contribution in [0.2, 0.25) is 0 Å². The Labute approximate surface area is 76.0 Å². The van der Waals surface area contributed by atoms with Crippen LogP contribution in [0.5, 0.6) is 0 Å². The number of esters is 2. The number of ether oxygens (including phenoxy) is 3. The molecule has 0 amide bonds. The SMILES string of the molecule is CCOC(=O)C1O[C@@H]1C(=O)OCC. The lowest BCUT2D eigenvalue weighted by molar-refractivity contribution is -0.147. The Morgan fingerprint density at radius 3 is 1.77 bits per heavy atom. The summed E-state index contributed by atoms with van der Waals surface area (Å²) in [5.41, 5.74) is 0. The van der Waals surface area contributed by atoms with Crippen molar-refractivity contribution in [2.75, 3.05) is 13.2 Å². The summed E-state index contributed by atoms with van der Waals surface area (Å²) in [5, 5.41) is 0. The van der Waals surface area contributed by atoms with Crippen LogP contribution in [0.4, 0.5) is 0 Å². The quantitative estimate of drug-likeness (QED) is 0.454. The Balaban J connectivity index is 2.29. The van der Waals surface area contributed by atoms with Crippen LogP contribution < -0.4 is 0 Å². The fraction of sp³-hybridized carbons (Fsp3) is 0.750. The van der Waals surface area contributed by atoms with Crippen molar-refractivity contribution in [3.8, 4) is 0 Å². The fourth-order valence-electron chi connectivity index (χ4n) is 0.920. The highest BCUT2D eigenvalue weighted by molar-refractivity contribution is 5.89. The van der Waals surface area contributed by atoms with Crippen molar-refractivity contribution in [2.24, 2.45) is 0 Å². The molecule has 0 aromatic carbocycles. The minimum absolute atomic E-state index is 0.286. The minimum Gasteiger partial charge on any atom is -0.464 e. The van der Waals surface area contributed by atoms with Crippen LogP contribution in [-0.2, 0) is 23.8 Å². The fourth-order valence-corrected chi connectivity index (χ4v) is 0.920. The molecule has 1 aliphatic heterocycles. The molecule has 1 fully saturated rings. The average molecular weight is 188 g/mol. The molecule has 0 radical (unpaired) electrons. The molecule has 1 rings (SSSR count). The van der Waals surface area contributed by atoms with E-state index in [4.69, 9.17) is 4.74 Å². The number of carbonyl (C=O) groups excluding carboxylic acids is 2. The van der Waals surface area contributed by atoms with E-state index in [1.165, 1.54) is 0 Å². The number of carbonyl (C=O) groups is 2. The van der Waals surface area contributed by atoms with E-state index in [-0.39, 0.29) is 13.2 Å². The van der Waals surface area contributed by atoms with Crippen molar-refractivity contribution in [3.63, 3.8) is 0 Å². The third-order valence-electron chi connectivity index (χ3n) is 1.53. The summed E-state index contributed by atoms with van der Waals surface area (Å²) < 4.78 is 14.1. The zero-order chi connectivity index (χ0) is 9.84. The third kappa shape index (κ3) is 2.42. The van der Waals surface area contributed by atoms with E-state index in [0.717, 1.165) is 0 Å². The Bertz CT molecular complexity index is 191. The largest absolute Gasteiger partial charge is 0.464 e. The standard InChI is InChI=1S/C8H12O5/c1-3-11-7(9)5-6(13-5)8(10)12-4-2/h5-6H,3-4H2,1-2H3/t5-,6?/m0/s1. The van der Waals surface area contributed by atoms with Crippen molar-refractivity contribution >= 4 is 11.9 Å². The predicted octanol–water partition coefficient (Wildman–Crippen LogP) is -0.120. The van der Waals surface area contributed by atoms with E-state index >= 15 is 0 Å². The average Bonchev–Trinajstić information content (AvgIpc) is 2.84. The maximum absolute atomic E-state index is 11.0. The highest BCUT2D eigenvalue weighted by atomic mass is 16.7. The lowest BCUT2D eigenvalue weighted by Gasteiger charge is -1.97. The first-order chi connectivity index (χ1) is 6.20. The Morgan fingerprint density at radius 1 is 1.08 bits per heavy atom. The van der Waals surface area contributed by atoms with Crippen molar-refractivity contribution in [3.05, 3.63) is 0 Å². The summed E-state index contributed by atoms with van der Waals surface area (Å²) in [6.07, 6.45) is -1.50. The molecule has 1 unspecified atom stereocenters. The molecule has 74 valence electrons. The van der Waals surface area contributed by atoms with Gasteiger partial charge in [-0.2, -0.15) is 0 Å². The van der Waals surface area contributed by atoms with Crippen LogP contribution in [0, 0.1) is 0 Å². The molecule has 0 bridgehead atoms. The Kier molecular flexibility index (Phi) is 3.25. The first-order valence-electron chi connectivity index (χ1n) is 4.19. The van der Waals surface area contributed by atoms with Gasteiger partial charge in [-0.1, -0.05) is 0 Å². The van der Waals surface area contributed by atoms with Crippen molar-refractivity contribution < 1.29 is 23.8 Å². The second-order valence-corrected chi connectivity index (χ2v) is 2.48. The minimum atomic E-state index is -0.751. The van der Waals surface area contributed by atoms with Gasteiger partial charge in [0.2, 0.25) is 0 Å². The Morgan fingerprint density at radius 2 is 1.46 bits per heavy atom. The molecule has 5 nitrogen and oxygen atoms in total. The summed E-state index contributed by atoms with van der Waals surface area (Å²) in [4.78, 5) is 21.9. The molecule has 0 N–H and O–H groups in total. The van der Waals surface area contributed by atoms with Crippen molar-refractivity contribution in [2.45, 2.75) is 26.1 Å². The van der Waals surface area contributed by atoms with Gasteiger partial charge in [-0.05, 0) is 13.8 Å². The molecule has 1 heterocycles. The highest BCUT2D eigenvalue weighted by Crippen LogP contribution is 2.24. The summed E-state index contributed by atoms with van der Waals surface area (Å²) in [5.74, 6) is -0.999. The first-order valence-corrected chi connectivity index (χ1v) is 4.19. The van der Waals surface area contributed by atoms with Gasteiger partial charge >= 0.3 is 11.9 Å². The molecular formula is C8H12O5. The third-order valence-corrected chi connectivity index (χ3v) is 1.53. The number of hydrogen-bond donors (Lipinski definition) is 0. The van der Waals surface area contributed by atoms with E-state index in [0.29, 0.717) is 0 Å². The summed E-state index contributed by atoms with van der Waals surface area (Å²) in [6, 6.07) is 0. The normalized spacial score (nSPS) is 25.1. The van der Waals surface area contributed by atoms with Gasteiger partial charge in [-0.15, -0.1) is 0 Å². The van der Waals surface area contributed by atoms with E-state index in [1.807, 2.05) is 0 Å². The topological polar surface area (TPSA) is 65.1 Å². The summed E-state index contributed by atoms with van der Waals surface area (Å²) in [7, 11) is 0. The number of hydrogen-bond acceptors (Lipinski definition) is 5. The van der Waals surface area contributed by atoms with Gasteiger partial charge in [0.15, 0.2) is 12.2 Å². The first kappa shape index (κ1) is 9.98. The zero-order valence-corrected chi connectivity index (χ0v) is 7.61. The van der Waals surface area contributed by atoms with Crippen LogP contribution >= 0.6 is 0 Å². The monoisotopic (exact) mass is 188 g/mol. The molecule has 1 saturated heterocycles. The highest BCUT2D eigenvalue weighted by Gasteiger charge is 2.52. The van der Waals surface area contributed by atoms with Crippen LogP contribution in [0.25, 0.3) is 0 Å². The molecule has 0 saturated carbocycles. The van der Waals surface area contributed by atoms with Crippen LogP contribution in [-0.4, -0.2) is 37.4 Å². The zero-order valence-electron chi connectivity index (χ0n) is 7.61. The lowest BCUT2D eigenvalue weighted by Crippen LogP contribution is -2.20. The maximum atomic E-state index is 11.0. The summed E-state index contributed by atoms with van der Waals surface area (Å²) >= 11 is 0. The van der Waals surface area contributed by atoms with Crippen LogP contribution in [0.3, 0.4) is 0 Å². The summed E-state index contributed by atoms with van der Waals surface area (Å²) in [6.45, 7) is 3.96. The number of epoxide rings is 1. The predicted molar refractivity (Wildman–Crippen MR) is 41.9 cm³/mol. The van der Waals surface area contributed by atoms with Crippen LogP contribution in [0.15, 0.2) is 0 Å². The van der Waals surface area contributed by atoms with Gasteiger partial charge in [-0.3, -0.25) is 0 Å². The van der Waals surface area contributed by atoms with E-state index in [1.54, 1.807) is 13.8 Å². The van der Waals surface area contributed by atoms with Gasteiger partial charge in [0.1, 0.15) is 0 Å². The van der Waals surface area contributed by atoms with E-state index < -0.39 is 24.1 Å². The van der Waals surface area contributed by atoms with Gasteiger partial charge in [0, 0.05) is 0 Å². The van der Waals surface area contributed by atoms with Gasteiger partial charge in [-0.25, -0.2) is 9.59 Å². The number of rotatable bonds is 4. The maximum Gasteiger partial charge on any atom is 0.338 e. The van der Waals surface area contributed by atoms with Crippen molar-refractivity contribution in [1.29, 1.82) is 0 Å². The molecule has 2 atom stereocenters. The van der Waals surface area contributed by atoms with E-state index in [2.05, 4.69) is 9.47 Å². The lowest BCUT2D eigenvalue weighted by atomic mass is 10.3. The Hall–Kier alpha value is -1.10. The molecule has 0 spiro atoms. The molecule has 1 aliphatic rings. The van der Waals surface area contributed by atoms with Gasteiger partial charge in [0.05, 0.1) is 13.2 Å². The second kappa shape index (κ2) is 4.23.